The molecule has 0 aliphatic heterocycles. The fraction of sp³-hybridized carbons (Fsp3) is 0.0588. The molecule has 0 saturated carbocycles. The third kappa shape index (κ3) is 3.75. The Balaban J connectivity index is 2.13. The van der Waals surface area contributed by atoms with E-state index in [-0.39, 0.29) is 16.3 Å². The summed E-state index contributed by atoms with van der Waals surface area (Å²) in [5.74, 6) is -0.664. The van der Waals surface area contributed by atoms with Gasteiger partial charge in [-0.3, -0.25) is 10.1 Å². The zero-order valence-electron chi connectivity index (χ0n) is 14.5. The monoisotopic (exact) mass is 402 g/mol. The molecule has 3 aromatic rings. The van der Waals surface area contributed by atoms with E-state index in [1.54, 1.807) is 0 Å². The molecule has 0 unspecified atom stereocenters. The van der Waals surface area contributed by atoms with Gasteiger partial charge >= 0.3 is 5.97 Å². The molecule has 28 heavy (non-hydrogen) atoms. The predicted octanol–water partition coefficient (Wildman–Crippen LogP) is 1.88. The van der Waals surface area contributed by atoms with Crippen LogP contribution in [-0.2, 0) is 14.8 Å². The number of nitrogens with zero attached hydrogens (tertiary/aromatic N) is 3. The first-order chi connectivity index (χ1) is 13.2. The molecule has 0 atom stereocenters. The van der Waals surface area contributed by atoms with Crippen LogP contribution in [0.5, 0.6) is 0 Å². The van der Waals surface area contributed by atoms with E-state index in [0.717, 1.165) is 0 Å². The number of carbonyl (C=O) groups is 1. The Morgan fingerprint density at radius 1 is 1.14 bits per heavy atom. The van der Waals surface area contributed by atoms with Crippen molar-refractivity contribution in [1.82, 2.24) is 9.78 Å². The number of rotatable bonds is 5. The summed E-state index contributed by atoms with van der Waals surface area (Å²) < 4.78 is 28.9. The molecule has 2 N–H and O–H groups in total. The van der Waals surface area contributed by atoms with Gasteiger partial charge in [-0.15, -0.1) is 0 Å². The van der Waals surface area contributed by atoms with Gasteiger partial charge in [0.1, 0.15) is 0 Å². The maximum Gasteiger partial charge on any atom is 0.358 e. The molecule has 0 fully saturated rings. The van der Waals surface area contributed by atoms with Gasteiger partial charge in [-0.2, -0.15) is 5.10 Å². The van der Waals surface area contributed by atoms with Crippen LogP contribution in [0.2, 0.25) is 0 Å². The first-order valence-corrected chi connectivity index (χ1v) is 9.32. The highest BCUT2D eigenvalue weighted by molar-refractivity contribution is 7.89. The molecule has 2 aromatic carbocycles. The van der Waals surface area contributed by atoms with Crippen LogP contribution in [0.1, 0.15) is 10.5 Å². The third-order valence-corrected chi connectivity index (χ3v) is 4.82. The van der Waals surface area contributed by atoms with Gasteiger partial charge in [-0.25, -0.2) is 23.0 Å². The van der Waals surface area contributed by atoms with Gasteiger partial charge in [0, 0.05) is 17.7 Å². The predicted molar refractivity (Wildman–Crippen MR) is 98.4 cm³/mol. The zero-order valence-corrected chi connectivity index (χ0v) is 15.3. The number of non-ortho nitro benzene ring substituents is 1. The Bertz CT molecular complexity index is 1150. The van der Waals surface area contributed by atoms with Gasteiger partial charge < -0.3 is 4.74 Å². The number of nitro benzene ring substituents is 1. The van der Waals surface area contributed by atoms with Crippen molar-refractivity contribution in [3.8, 4) is 16.9 Å². The molecule has 0 saturated heterocycles. The fourth-order valence-electron chi connectivity index (χ4n) is 2.52. The van der Waals surface area contributed by atoms with Crippen LogP contribution in [-0.4, -0.2) is 36.2 Å². The first-order valence-electron chi connectivity index (χ1n) is 7.77. The minimum atomic E-state index is -3.86. The summed E-state index contributed by atoms with van der Waals surface area (Å²) >= 11 is 0. The Kier molecular flexibility index (Phi) is 4.94. The van der Waals surface area contributed by atoms with E-state index in [2.05, 4.69) is 5.10 Å². The topological polar surface area (TPSA) is 147 Å². The van der Waals surface area contributed by atoms with Crippen LogP contribution in [0.15, 0.2) is 59.5 Å². The number of nitrogens with two attached hydrogens (primary N) is 1. The number of aromatic nitrogens is 2. The third-order valence-electron chi connectivity index (χ3n) is 3.89. The van der Waals surface area contributed by atoms with Crippen molar-refractivity contribution in [3.05, 3.63) is 70.4 Å². The van der Waals surface area contributed by atoms with E-state index in [1.807, 2.05) is 0 Å². The lowest BCUT2D eigenvalue weighted by atomic mass is 10.1. The largest absolute Gasteiger partial charge is 0.464 e. The number of ether oxygens (including phenoxy) is 1. The van der Waals surface area contributed by atoms with Crippen LogP contribution >= 0.6 is 0 Å². The number of methoxy groups -OCH3 is 1. The second-order valence-corrected chi connectivity index (χ2v) is 7.22. The molecule has 144 valence electrons. The molecule has 1 aromatic heterocycles. The maximum atomic E-state index is 11.9. The fourth-order valence-corrected chi connectivity index (χ4v) is 3.03. The average Bonchev–Trinajstić information content (AvgIpc) is 3.12. The number of primary sulfonamides is 1. The molecule has 0 aliphatic carbocycles. The number of hydrogen-bond donors (Lipinski definition) is 1. The van der Waals surface area contributed by atoms with E-state index in [1.165, 1.54) is 66.4 Å². The van der Waals surface area contributed by atoms with Crippen molar-refractivity contribution in [2.75, 3.05) is 7.11 Å². The van der Waals surface area contributed by atoms with Gasteiger partial charge in [-0.05, 0) is 42.5 Å². The second-order valence-electron chi connectivity index (χ2n) is 5.66. The summed E-state index contributed by atoms with van der Waals surface area (Å²) in [6, 6.07) is 12.7. The lowest BCUT2D eigenvalue weighted by Gasteiger charge is -2.08. The van der Waals surface area contributed by atoms with Gasteiger partial charge in [0.15, 0.2) is 5.69 Å². The SMILES string of the molecule is COC(=O)c1cc(-c2ccc([N+](=O)[O-])cc2)n(-c2ccc(S(N)(=O)=O)cc2)n1. The number of carbonyl (C=O) groups excluding carboxylic acids is 1. The summed E-state index contributed by atoms with van der Waals surface area (Å²) in [7, 11) is -2.64. The smallest absolute Gasteiger partial charge is 0.358 e. The number of esters is 1. The maximum absolute atomic E-state index is 11.9. The lowest BCUT2D eigenvalue weighted by Crippen LogP contribution is -2.12. The molecule has 0 radical (unpaired) electrons. The number of nitro groups is 1. The van der Waals surface area contributed by atoms with E-state index < -0.39 is 20.9 Å². The van der Waals surface area contributed by atoms with Crippen LogP contribution in [0.4, 0.5) is 5.69 Å². The standard InChI is InChI=1S/C17H14N4O6S/c1-27-17(22)15-10-16(11-2-4-13(5-3-11)21(23)24)20(19-15)12-6-8-14(9-7-12)28(18,25)26/h2-10H,1H3,(H2,18,25,26). The van der Waals surface area contributed by atoms with Crippen LogP contribution in [0.3, 0.4) is 0 Å². The highest BCUT2D eigenvalue weighted by Crippen LogP contribution is 2.27. The van der Waals surface area contributed by atoms with Crippen molar-refractivity contribution in [2.24, 2.45) is 5.14 Å². The Morgan fingerprint density at radius 2 is 1.75 bits per heavy atom. The summed E-state index contributed by atoms with van der Waals surface area (Å²) in [4.78, 5) is 22.1. The van der Waals surface area contributed by atoms with E-state index >= 15 is 0 Å². The van der Waals surface area contributed by atoms with Gasteiger partial charge in [0.2, 0.25) is 10.0 Å². The Hall–Kier alpha value is -3.57. The second kappa shape index (κ2) is 7.21. The van der Waals surface area contributed by atoms with Gasteiger partial charge in [-0.1, -0.05) is 0 Å². The highest BCUT2D eigenvalue weighted by atomic mass is 32.2. The molecule has 0 amide bonds. The van der Waals surface area contributed by atoms with E-state index in [4.69, 9.17) is 9.88 Å². The summed E-state index contributed by atoms with van der Waals surface area (Å²) in [6.07, 6.45) is 0. The molecule has 3 rings (SSSR count). The van der Waals surface area contributed by atoms with Crippen molar-refractivity contribution in [3.63, 3.8) is 0 Å². The summed E-state index contributed by atoms with van der Waals surface area (Å²) in [5.41, 5.74) is 1.41. The molecule has 1 heterocycles. The number of benzene rings is 2. The Morgan fingerprint density at radius 3 is 2.25 bits per heavy atom. The number of sulfonamides is 1. The van der Waals surface area contributed by atoms with Crippen molar-refractivity contribution in [2.45, 2.75) is 4.90 Å². The normalized spacial score (nSPS) is 11.2. The van der Waals surface area contributed by atoms with Crippen LogP contribution in [0.25, 0.3) is 16.9 Å². The quantitative estimate of drug-likeness (QED) is 0.389. The molecule has 11 heteroatoms. The highest BCUT2D eigenvalue weighted by Gasteiger charge is 2.18. The molecule has 0 spiro atoms. The molecular formula is C17H14N4O6S. The minimum absolute atomic E-state index is 0.0198. The molecule has 10 nitrogen and oxygen atoms in total. The van der Waals surface area contributed by atoms with E-state index in [9.17, 15) is 23.3 Å². The minimum Gasteiger partial charge on any atom is -0.464 e. The number of hydrogen-bond acceptors (Lipinski definition) is 7. The average molecular weight is 402 g/mol. The van der Waals surface area contributed by atoms with Gasteiger partial charge in [0.25, 0.3) is 5.69 Å². The first kappa shape index (κ1) is 19.2. The zero-order chi connectivity index (χ0) is 20.5. The summed E-state index contributed by atoms with van der Waals surface area (Å²) in [6.45, 7) is 0. The summed E-state index contributed by atoms with van der Waals surface area (Å²) in [5, 5.41) is 20.2. The molecule has 0 aliphatic rings. The van der Waals surface area contributed by atoms with Crippen LogP contribution in [0, 0.1) is 10.1 Å². The molecular weight excluding hydrogens is 388 g/mol. The van der Waals surface area contributed by atoms with Crippen LogP contribution < -0.4 is 5.14 Å². The van der Waals surface area contributed by atoms with Crippen molar-refractivity contribution < 1.29 is 22.9 Å². The molecule has 0 bridgehead atoms. The Labute approximate surface area is 159 Å². The van der Waals surface area contributed by atoms with E-state index in [0.29, 0.717) is 16.9 Å². The van der Waals surface area contributed by atoms with Gasteiger partial charge in [0.05, 0.1) is 28.3 Å². The van der Waals surface area contributed by atoms with Crippen molar-refractivity contribution in [1.29, 1.82) is 0 Å². The lowest BCUT2D eigenvalue weighted by molar-refractivity contribution is -0.384. The van der Waals surface area contributed by atoms with Crippen molar-refractivity contribution >= 4 is 21.7 Å².